The van der Waals surface area contributed by atoms with Crippen LogP contribution in [0.4, 0.5) is 5.69 Å². The third-order valence-corrected chi connectivity index (χ3v) is 8.32. The van der Waals surface area contributed by atoms with Crippen molar-refractivity contribution in [3.8, 4) is 0 Å². The van der Waals surface area contributed by atoms with Crippen LogP contribution >= 0.6 is 23.2 Å². The van der Waals surface area contributed by atoms with Crippen LogP contribution in [0.1, 0.15) is 26.3 Å². The molecule has 4 aromatic carbocycles. The number of rotatable bonds is 7. The van der Waals surface area contributed by atoms with Crippen LogP contribution in [0.5, 0.6) is 0 Å². The second-order valence-electron chi connectivity index (χ2n) is 9.16. The van der Waals surface area contributed by atoms with Gasteiger partial charge in [0.2, 0.25) is 0 Å². The van der Waals surface area contributed by atoms with Gasteiger partial charge in [-0.15, -0.1) is 0 Å². The highest BCUT2D eigenvalue weighted by Crippen LogP contribution is 2.30. The first-order valence-electron chi connectivity index (χ1n) is 12.5. The van der Waals surface area contributed by atoms with E-state index in [2.05, 4.69) is 10.0 Å². The molecule has 4 aromatic rings. The van der Waals surface area contributed by atoms with Crippen LogP contribution < -0.4 is 10.0 Å². The average Bonchev–Trinajstić information content (AvgIpc) is 2.95. The molecule has 0 bridgehead atoms. The van der Waals surface area contributed by atoms with Crippen LogP contribution in [0, 0.1) is 0 Å². The zero-order chi connectivity index (χ0) is 28.3. The lowest BCUT2D eigenvalue weighted by Gasteiger charge is -2.27. The summed E-state index contributed by atoms with van der Waals surface area (Å²) in [6.07, 6.45) is 0. The van der Waals surface area contributed by atoms with Crippen molar-refractivity contribution in [2.45, 2.75) is 11.4 Å². The molecule has 1 aliphatic heterocycles. The summed E-state index contributed by atoms with van der Waals surface area (Å²) < 4.78 is 34.1. The number of morpholine rings is 1. The topological polar surface area (TPSA) is 105 Å². The number of nitrogens with one attached hydrogen (secondary N) is 2. The summed E-state index contributed by atoms with van der Waals surface area (Å²) in [4.78, 5) is 28.1. The molecule has 0 radical (unpaired) electrons. The molecular formula is C29H25Cl2N3O5S. The molecule has 2 amide bonds. The van der Waals surface area contributed by atoms with Gasteiger partial charge in [-0.2, -0.15) is 0 Å². The standard InChI is InChI=1S/C29H25Cl2N3O5S/c30-20-15-21(31)17-22(16-20)40(37,38)33-27-10-4-7-24-25(27)8-3-9-26(24)28(35)32-18-19-5-1-2-6-23(19)29(36)34-11-13-39-14-12-34/h1-10,15-17,33H,11-14,18H2,(H,32,35). The maximum atomic E-state index is 13.3. The molecular weight excluding hydrogens is 573 g/mol. The van der Waals surface area contributed by atoms with E-state index in [1.54, 1.807) is 53.4 Å². The van der Waals surface area contributed by atoms with Crippen molar-refractivity contribution in [2.24, 2.45) is 0 Å². The zero-order valence-electron chi connectivity index (χ0n) is 21.2. The third kappa shape index (κ3) is 6.08. The molecule has 0 spiro atoms. The number of nitrogens with zero attached hydrogens (tertiary/aromatic N) is 1. The van der Waals surface area contributed by atoms with Crippen LogP contribution in [0.25, 0.3) is 10.8 Å². The quantitative estimate of drug-likeness (QED) is 0.299. The van der Waals surface area contributed by atoms with Crippen molar-refractivity contribution in [3.05, 3.63) is 106 Å². The molecule has 0 aliphatic carbocycles. The number of sulfonamides is 1. The van der Waals surface area contributed by atoms with E-state index in [1.165, 1.54) is 18.2 Å². The van der Waals surface area contributed by atoms with Gasteiger partial charge in [0.05, 0.1) is 23.8 Å². The Kier molecular flexibility index (Phi) is 8.27. The highest BCUT2D eigenvalue weighted by molar-refractivity contribution is 7.92. The Hall–Kier alpha value is -3.63. The lowest BCUT2D eigenvalue weighted by atomic mass is 10.0. The molecule has 40 heavy (non-hydrogen) atoms. The largest absolute Gasteiger partial charge is 0.378 e. The molecule has 1 saturated heterocycles. The Balaban J connectivity index is 1.38. The molecule has 0 saturated carbocycles. The van der Waals surface area contributed by atoms with E-state index in [4.69, 9.17) is 27.9 Å². The highest BCUT2D eigenvalue weighted by Gasteiger charge is 2.22. The maximum Gasteiger partial charge on any atom is 0.262 e. The Morgan fingerprint density at radius 1 is 0.825 bits per heavy atom. The number of carbonyl (C=O) groups excluding carboxylic acids is 2. The van der Waals surface area contributed by atoms with Crippen molar-refractivity contribution in [1.82, 2.24) is 10.2 Å². The summed E-state index contributed by atoms with van der Waals surface area (Å²) in [6, 6.07) is 21.3. The number of hydrogen-bond acceptors (Lipinski definition) is 5. The van der Waals surface area contributed by atoms with Gasteiger partial charge >= 0.3 is 0 Å². The predicted molar refractivity (Wildman–Crippen MR) is 156 cm³/mol. The summed E-state index contributed by atoms with van der Waals surface area (Å²) in [7, 11) is -4.01. The smallest absolute Gasteiger partial charge is 0.262 e. The summed E-state index contributed by atoms with van der Waals surface area (Å²) in [5, 5.41) is 4.39. The molecule has 2 N–H and O–H groups in total. The lowest BCUT2D eigenvalue weighted by Crippen LogP contribution is -2.41. The number of amides is 2. The van der Waals surface area contributed by atoms with Gasteiger partial charge in [-0.3, -0.25) is 14.3 Å². The van der Waals surface area contributed by atoms with E-state index in [0.717, 1.165) is 0 Å². The fourth-order valence-electron chi connectivity index (χ4n) is 4.57. The minimum Gasteiger partial charge on any atom is -0.378 e. The van der Waals surface area contributed by atoms with Gasteiger partial charge in [-0.1, -0.05) is 65.7 Å². The van der Waals surface area contributed by atoms with Gasteiger partial charge < -0.3 is 15.0 Å². The van der Waals surface area contributed by atoms with Crippen molar-refractivity contribution in [2.75, 3.05) is 31.0 Å². The molecule has 206 valence electrons. The van der Waals surface area contributed by atoms with E-state index in [-0.39, 0.29) is 33.3 Å². The molecule has 0 unspecified atom stereocenters. The fourth-order valence-corrected chi connectivity index (χ4v) is 6.38. The van der Waals surface area contributed by atoms with Gasteiger partial charge in [0.25, 0.3) is 21.8 Å². The first-order chi connectivity index (χ1) is 19.2. The Morgan fingerprint density at radius 3 is 2.23 bits per heavy atom. The van der Waals surface area contributed by atoms with Crippen molar-refractivity contribution in [1.29, 1.82) is 0 Å². The zero-order valence-corrected chi connectivity index (χ0v) is 23.5. The van der Waals surface area contributed by atoms with E-state index in [1.807, 2.05) is 12.1 Å². The molecule has 11 heteroatoms. The van der Waals surface area contributed by atoms with Crippen LogP contribution in [0.2, 0.25) is 10.0 Å². The summed E-state index contributed by atoms with van der Waals surface area (Å²) in [5.74, 6) is -0.461. The molecule has 1 aliphatic rings. The predicted octanol–water partition coefficient (Wildman–Crippen LogP) is 5.35. The van der Waals surface area contributed by atoms with Crippen LogP contribution in [-0.4, -0.2) is 51.4 Å². The first kappa shape index (κ1) is 27.9. The number of fused-ring (bicyclic) bond motifs is 1. The molecule has 8 nitrogen and oxygen atoms in total. The Bertz CT molecular complexity index is 1690. The Morgan fingerprint density at radius 2 is 1.48 bits per heavy atom. The van der Waals surface area contributed by atoms with Crippen molar-refractivity contribution < 1.29 is 22.7 Å². The van der Waals surface area contributed by atoms with Gasteiger partial charge in [0.15, 0.2) is 0 Å². The molecule has 0 aromatic heterocycles. The fraction of sp³-hybridized carbons (Fsp3) is 0.172. The van der Waals surface area contributed by atoms with Gasteiger partial charge in [-0.25, -0.2) is 8.42 Å². The number of benzene rings is 4. The number of carbonyl (C=O) groups is 2. The first-order valence-corrected chi connectivity index (χ1v) is 14.7. The van der Waals surface area contributed by atoms with Crippen LogP contribution in [0.15, 0.2) is 83.8 Å². The average molecular weight is 599 g/mol. The Labute approximate surface area is 241 Å². The van der Waals surface area contributed by atoms with Gasteiger partial charge in [-0.05, 0) is 47.3 Å². The van der Waals surface area contributed by atoms with E-state index >= 15 is 0 Å². The monoisotopic (exact) mass is 597 g/mol. The summed E-state index contributed by atoms with van der Waals surface area (Å²) in [5.41, 5.74) is 1.88. The number of ether oxygens (including phenoxy) is 1. The molecule has 5 rings (SSSR count). The molecule has 1 fully saturated rings. The third-order valence-electron chi connectivity index (χ3n) is 6.54. The minimum atomic E-state index is -4.01. The van der Waals surface area contributed by atoms with Gasteiger partial charge in [0.1, 0.15) is 0 Å². The van der Waals surface area contributed by atoms with Crippen molar-refractivity contribution in [3.63, 3.8) is 0 Å². The highest BCUT2D eigenvalue weighted by atomic mass is 35.5. The van der Waals surface area contributed by atoms with Crippen LogP contribution in [0.3, 0.4) is 0 Å². The van der Waals surface area contributed by atoms with E-state index in [9.17, 15) is 18.0 Å². The molecule has 1 heterocycles. The molecule has 0 atom stereocenters. The second-order valence-corrected chi connectivity index (χ2v) is 11.7. The number of anilines is 1. The van der Waals surface area contributed by atoms with E-state index in [0.29, 0.717) is 59.5 Å². The summed E-state index contributed by atoms with van der Waals surface area (Å²) in [6.45, 7) is 2.18. The number of halogens is 2. The van der Waals surface area contributed by atoms with Crippen LogP contribution in [-0.2, 0) is 21.3 Å². The lowest BCUT2D eigenvalue weighted by molar-refractivity contribution is 0.0302. The van der Waals surface area contributed by atoms with E-state index < -0.39 is 10.0 Å². The van der Waals surface area contributed by atoms with Gasteiger partial charge in [0, 0.05) is 46.2 Å². The number of hydrogen-bond donors (Lipinski definition) is 2. The normalized spacial score (nSPS) is 13.7. The SMILES string of the molecule is O=C(NCc1ccccc1C(=O)N1CCOCC1)c1cccc2c(NS(=O)(=O)c3cc(Cl)cc(Cl)c3)cccc12. The van der Waals surface area contributed by atoms with Crippen molar-refractivity contribution >= 4 is 61.5 Å². The summed E-state index contributed by atoms with van der Waals surface area (Å²) >= 11 is 12.0. The second kappa shape index (κ2) is 11.9. The minimum absolute atomic E-state index is 0.0822. The maximum absolute atomic E-state index is 13.3.